The molecule has 1 amide bonds. The van der Waals surface area contributed by atoms with Crippen molar-refractivity contribution in [3.8, 4) is 0 Å². The minimum absolute atomic E-state index is 0.302. The summed E-state index contributed by atoms with van der Waals surface area (Å²) in [6, 6.07) is 7.21. The van der Waals surface area contributed by atoms with Gasteiger partial charge in [-0.1, -0.05) is 12.1 Å². The number of aryl methyl sites for hydroxylation is 2. The van der Waals surface area contributed by atoms with E-state index >= 15 is 0 Å². The van der Waals surface area contributed by atoms with E-state index in [2.05, 4.69) is 16.8 Å². The molecule has 24 heavy (non-hydrogen) atoms. The number of hydrogen-bond acceptors (Lipinski definition) is 5. The van der Waals surface area contributed by atoms with Gasteiger partial charge in [0.15, 0.2) is 5.13 Å². The van der Waals surface area contributed by atoms with Crippen LogP contribution in [-0.2, 0) is 11.3 Å². The van der Waals surface area contributed by atoms with Gasteiger partial charge >= 0.3 is 5.97 Å². The molecule has 0 spiro atoms. The highest BCUT2D eigenvalue weighted by Crippen LogP contribution is 2.25. The molecule has 1 heterocycles. The number of carboxylic acids is 1. The van der Waals surface area contributed by atoms with E-state index in [1.54, 1.807) is 23.5 Å². The number of aromatic nitrogens is 1. The normalized spacial score (nSPS) is 10.5. The van der Waals surface area contributed by atoms with Crippen molar-refractivity contribution in [2.24, 2.45) is 0 Å². The van der Waals surface area contributed by atoms with Crippen LogP contribution in [0.15, 0.2) is 24.3 Å². The van der Waals surface area contributed by atoms with Gasteiger partial charge in [0.05, 0.1) is 5.69 Å². The van der Waals surface area contributed by atoms with Crippen LogP contribution in [0, 0.1) is 13.8 Å². The molecule has 0 aliphatic carbocycles. The molecule has 0 atom stereocenters. The van der Waals surface area contributed by atoms with E-state index < -0.39 is 5.97 Å². The minimum Gasteiger partial charge on any atom is -0.480 e. The topological polar surface area (TPSA) is 73.7 Å². The summed E-state index contributed by atoms with van der Waals surface area (Å²) < 4.78 is 0. The van der Waals surface area contributed by atoms with E-state index in [0.29, 0.717) is 12.1 Å². The molecule has 0 aliphatic heterocycles. The first kappa shape index (κ1) is 17.9. The molecule has 7 heteroatoms. The average molecular weight is 347 g/mol. The van der Waals surface area contributed by atoms with Crippen molar-refractivity contribution in [3.63, 3.8) is 0 Å². The standard InChI is InChI=1S/C17H21N3O3S/c1-11-12(2)24-17(18-11)20(4)9-13-5-7-14(8-6-13)16(23)19(3)10-15(21)22/h5-8H,9-10H2,1-4H3,(H,21,22). The number of thiazole rings is 1. The van der Waals surface area contributed by atoms with Crippen LogP contribution in [0.25, 0.3) is 0 Å². The fraction of sp³-hybridized carbons (Fsp3) is 0.353. The molecule has 0 radical (unpaired) electrons. The molecule has 0 saturated heterocycles. The monoisotopic (exact) mass is 347 g/mol. The lowest BCUT2D eigenvalue weighted by Crippen LogP contribution is -2.31. The van der Waals surface area contributed by atoms with E-state index in [1.165, 1.54) is 16.8 Å². The van der Waals surface area contributed by atoms with Crippen molar-refractivity contribution in [1.29, 1.82) is 0 Å². The van der Waals surface area contributed by atoms with E-state index in [9.17, 15) is 9.59 Å². The van der Waals surface area contributed by atoms with Gasteiger partial charge in [-0.15, -0.1) is 11.3 Å². The van der Waals surface area contributed by atoms with Crippen LogP contribution < -0.4 is 4.90 Å². The van der Waals surface area contributed by atoms with Crippen LogP contribution >= 0.6 is 11.3 Å². The van der Waals surface area contributed by atoms with E-state index in [1.807, 2.05) is 26.1 Å². The van der Waals surface area contributed by atoms with Crippen molar-refractivity contribution in [1.82, 2.24) is 9.88 Å². The van der Waals surface area contributed by atoms with E-state index in [4.69, 9.17) is 5.11 Å². The molecule has 0 aliphatic rings. The lowest BCUT2D eigenvalue weighted by Gasteiger charge is -2.17. The number of likely N-dealkylation sites (N-methyl/N-ethyl adjacent to an activating group) is 1. The maximum absolute atomic E-state index is 12.1. The van der Waals surface area contributed by atoms with Crippen molar-refractivity contribution >= 4 is 28.3 Å². The Morgan fingerprint density at radius 2 is 1.79 bits per heavy atom. The maximum atomic E-state index is 12.1. The van der Waals surface area contributed by atoms with Gasteiger partial charge in [0.2, 0.25) is 0 Å². The van der Waals surface area contributed by atoms with Crippen LogP contribution in [0.3, 0.4) is 0 Å². The first-order valence-electron chi connectivity index (χ1n) is 7.49. The highest BCUT2D eigenvalue weighted by Gasteiger charge is 2.14. The summed E-state index contributed by atoms with van der Waals surface area (Å²) in [6.45, 7) is 4.42. The third-order valence-corrected chi connectivity index (χ3v) is 4.87. The Balaban J connectivity index is 2.03. The molecule has 1 N–H and O–H groups in total. The van der Waals surface area contributed by atoms with Crippen molar-refractivity contribution in [2.45, 2.75) is 20.4 Å². The molecule has 1 aromatic carbocycles. The fourth-order valence-electron chi connectivity index (χ4n) is 2.21. The minimum atomic E-state index is -1.03. The highest BCUT2D eigenvalue weighted by atomic mass is 32.1. The lowest BCUT2D eigenvalue weighted by atomic mass is 10.1. The summed E-state index contributed by atoms with van der Waals surface area (Å²) >= 11 is 1.66. The molecular weight excluding hydrogens is 326 g/mol. The average Bonchev–Trinajstić information content (AvgIpc) is 2.86. The number of carbonyl (C=O) groups is 2. The number of anilines is 1. The summed E-state index contributed by atoms with van der Waals surface area (Å²) in [7, 11) is 3.46. The highest BCUT2D eigenvalue weighted by molar-refractivity contribution is 7.15. The molecule has 0 saturated carbocycles. The number of amides is 1. The Morgan fingerprint density at radius 3 is 2.29 bits per heavy atom. The zero-order valence-corrected chi connectivity index (χ0v) is 15.1. The summed E-state index contributed by atoms with van der Waals surface area (Å²) in [4.78, 5) is 31.8. The van der Waals surface area contributed by atoms with Crippen LogP contribution in [0.2, 0.25) is 0 Å². The summed E-state index contributed by atoms with van der Waals surface area (Å²) in [5.41, 5.74) is 2.58. The second-order valence-corrected chi connectivity index (χ2v) is 6.93. The zero-order chi connectivity index (χ0) is 17.9. The molecule has 1 aromatic heterocycles. The first-order valence-corrected chi connectivity index (χ1v) is 8.31. The second-order valence-electron chi connectivity index (χ2n) is 5.75. The molecule has 0 unspecified atom stereocenters. The molecule has 2 aromatic rings. The number of carbonyl (C=O) groups excluding carboxylic acids is 1. The molecule has 0 bridgehead atoms. The molecule has 128 valence electrons. The van der Waals surface area contributed by atoms with Gasteiger partial charge in [-0.3, -0.25) is 9.59 Å². The number of hydrogen-bond donors (Lipinski definition) is 1. The number of benzene rings is 1. The van der Waals surface area contributed by atoms with Gasteiger partial charge in [0.1, 0.15) is 6.54 Å². The van der Waals surface area contributed by atoms with Gasteiger partial charge in [-0.25, -0.2) is 4.98 Å². The predicted molar refractivity (Wildman–Crippen MR) is 94.7 cm³/mol. The number of carboxylic acid groups (broad SMARTS) is 1. The molecular formula is C17H21N3O3S. The first-order chi connectivity index (χ1) is 11.3. The quantitative estimate of drug-likeness (QED) is 0.869. The predicted octanol–water partition coefficient (Wildman–Crippen LogP) is 2.55. The van der Waals surface area contributed by atoms with Crippen LogP contribution in [0.1, 0.15) is 26.5 Å². The van der Waals surface area contributed by atoms with Gasteiger partial charge < -0.3 is 14.9 Å². The van der Waals surface area contributed by atoms with Gasteiger partial charge in [-0.2, -0.15) is 0 Å². The summed E-state index contributed by atoms with van der Waals surface area (Å²) in [5.74, 6) is -1.33. The van der Waals surface area contributed by atoms with Gasteiger partial charge in [-0.05, 0) is 31.5 Å². The Bertz CT molecular complexity index is 721. The van der Waals surface area contributed by atoms with Crippen molar-refractivity contribution in [2.75, 3.05) is 25.5 Å². The van der Waals surface area contributed by atoms with Gasteiger partial charge in [0.25, 0.3) is 5.91 Å². The third-order valence-electron chi connectivity index (χ3n) is 3.68. The van der Waals surface area contributed by atoms with Crippen molar-refractivity contribution in [3.05, 3.63) is 46.0 Å². The smallest absolute Gasteiger partial charge is 0.323 e. The van der Waals surface area contributed by atoms with Crippen LogP contribution in [0.4, 0.5) is 5.13 Å². The fourth-order valence-corrected chi connectivity index (χ4v) is 3.08. The van der Waals surface area contributed by atoms with Crippen LogP contribution in [0.5, 0.6) is 0 Å². The second kappa shape index (κ2) is 7.44. The van der Waals surface area contributed by atoms with E-state index in [-0.39, 0.29) is 12.5 Å². The largest absolute Gasteiger partial charge is 0.480 e. The van der Waals surface area contributed by atoms with Crippen molar-refractivity contribution < 1.29 is 14.7 Å². The third kappa shape index (κ3) is 4.32. The molecule has 6 nitrogen and oxygen atoms in total. The van der Waals surface area contributed by atoms with Gasteiger partial charge in [0, 0.05) is 31.1 Å². The van der Waals surface area contributed by atoms with E-state index in [0.717, 1.165) is 16.4 Å². The maximum Gasteiger partial charge on any atom is 0.323 e. The summed E-state index contributed by atoms with van der Waals surface area (Å²) in [6.07, 6.45) is 0. The lowest BCUT2D eigenvalue weighted by molar-refractivity contribution is -0.137. The number of nitrogens with zero attached hydrogens (tertiary/aromatic N) is 3. The SMILES string of the molecule is Cc1nc(N(C)Cc2ccc(C(=O)N(C)CC(=O)O)cc2)sc1C. The molecule has 2 rings (SSSR count). The molecule has 0 fully saturated rings. The zero-order valence-electron chi connectivity index (χ0n) is 14.2. The Morgan fingerprint density at radius 1 is 1.17 bits per heavy atom. The summed E-state index contributed by atoms with van der Waals surface area (Å²) in [5, 5.41) is 9.71. The number of rotatable bonds is 6. The Hall–Kier alpha value is -2.41. The Kier molecular flexibility index (Phi) is 5.56. The van der Waals surface area contributed by atoms with Crippen LogP contribution in [-0.4, -0.2) is 47.5 Å². The Labute approximate surface area is 145 Å². The number of aliphatic carboxylic acids is 1.